The van der Waals surface area contributed by atoms with Crippen molar-refractivity contribution in [1.82, 2.24) is 0 Å². The first kappa shape index (κ1) is 2.72. The molecule has 0 heteroatoms. The van der Waals surface area contributed by atoms with E-state index in [-0.39, 0.29) is 0 Å². The van der Waals surface area contributed by atoms with Gasteiger partial charge >= 0.3 is 0 Å². The molecule has 1 rings (SSSR count). The third-order valence-corrected chi connectivity index (χ3v) is 1.48. The molecular formula is C8H16. The number of hydrogen-bond donors (Lipinski definition) is 0. The molecule has 0 amide bonds. The highest BCUT2D eigenvalue weighted by atomic mass is 14.0. The van der Waals surface area contributed by atoms with Crippen molar-refractivity contribution in [2.24, 2.45) is 0 Å². The Bertz CT molecular complexity index is 135. The minimum absolute atomic E-state index is 0.375. The zero-order valence-electron chi connectivity index (χ0n) is 9.24. The van der Waals surface area contributed by atoms with Gasteiger partial charge in [0.1, 0.15) is 0 Å². The topological polar surface area (TPSA) is 0 Å². The van der Waals surface area contributed by atoms with E-state index in [9.17, 15) is 0 Å². The van der Waals surface area contributed by atoms with Crippen molar-refractivity contribution in [2.45, 2.75) is 51.3 Å². The van der Waals surface area contributed by atoms with E-state index in [1.165, 1.54) is 0 Å². The van der Waals surface area contributed by atoms with E-state index in [2.05, 4.69) is 0 Å². The summed E-state index contributed by atoms with van der Waals surface area (Å²) in [6, 6.07) is 0. The van der Waals surface area contributed by atoms with E-state index in [0.717, 1.165) is 25.7 Å². The fraction of sp³-hybridized carbons (Fsp3) is 1.00. The van der Waals surface area contributed by atoms with Crippen LogP contribution in [0.5, 0.6) is 0 Å². The average molecular weight is 116 g/mol. The van der Waals surface area contributed by atoms with Gasteiger partial charge in [-0.2, -0.15) is 0 Å². The van der Waals surface area contributed by atoms with E-state index >= 15 is 0 Å². The molecule has 0 spiro atoms. The first-order chi connectivity index (χ1) is 5.46. The van der Waals surface area contributed by atoms with E-state index in [0.29, 0.717) is 12.8 Å². The Labute approximate surface area is 57.9 Å². The molecule has 48 valence electrons. The molecule has 0 unspecified atom stereocenters. The Morgan fingerprint density at radius 2 is 1.00 bits per heavy atom. The van der Waals surface area contributed by atoms with Crippen LogP contribution in [0.2, 0.25) is 0 Å². The van der Waals surface area contributed by atoms with Crippen molar-refractivity contribution in [3.8, 4) is 0 Å². The summed E-state index contributed by atoms with van der Waals surface area (Å²) in [6.45, 7) is 0. The second-order valence-corrected chi connectivity index (χ2v) is 2.27. The summed E-state index contributed by atoms with van der Waals surface area (Å²) in [4.78, 5) is 0. The maximum Gasteiger partial charge on any atom is 0.0267 e. The highest BCUT2D eigenvalue weighted by molar-refractivity contribution is 4.51. The van der Waals surface area contributed by atoms with Crippen LogP contribution in [0, 0.1) is 0 Å². The van der Waals surface area contributed by atoms with Crippen LogP contribution in [0.4, 0.5) is 0 Å². The number of rotatable bonds is 0. The predicted molar refractivity (Wildman–Crippen MR) is 36.9 cm³/mol. The largest absolute Gasteiger partial charge is 0.0533 e. The van der Waals surface area contributed by atoms with Gasteiger partial charge in [-0.15, -0.1) is 0 Å². The molecule has 0 aromatic carbocycles. The zero-order chi connectivity index (χ0) is 9.24. The van der Waals surface area contributed by atoms with Gasteiger partial charge in [0.15, 0.2) is 0 Å². The van der Waals surface area contributed by atoms with Gasteiger partial charge in [0.05, 0.1) is 0 Å². The lowest BCUT2D eigenvalue weighted by atomic mass is 10.0. The fourth-order valence-electron chi connectivity index (χ4n) is 0.957. The summed E-state index contributed by atoms with van der Waals surface area (Å²) < 4.78 is 30.2. The van der Waals surface area contributed by atoms with Crippen LogP contribution >= 0.6 is 0 Å². The van der Waals surface area contributed by atoms with Crippen LogP contribution in [0.1, 0.15) is 56.8 Å². The molecular weight excluding hydrogens is 96.1 g/mol. The van der Waals surface area contributed by atoms with Crippen LogP contribution < -0.4 is 0 Å². The zero-order valence-corrected chi connectivity index (χ0v) is 5.24. The molecule has 0 radical (unpaired) electrons. The van der Waals surface area contributed by atoms with Crippen molar-refractivity contribution in [3.05, 3.63) is 0 Å². The molecule has 0 nitrogen and oxygen atoms in total. The molecule has 0 bridgehead atoms. The van der Waals surface area contributed by atoms with E-state index in [1.54, 1.807) is 0 Å². The van der Waals surface area contributed by atoms with Crippen LogP contribution in [0.15, 0.2) is 0 Å². The van der Waals surface area contributed by atoms with Gasteiger partial charge in [0.25, 0.3) is 0 Å². The summed E-state index contributed by atoms with van der Waals surface area (Å²) in [5, 5.41) is 0. The van der Waals surface area contributed by atoms with Crippen LogP contribution in [0.25, 0.3) is 0 Å². The fourth-order valence-corrected chi connectivity index (χ4v) is 0.957. The monoisotopic (exact) mass is 116 g/mol. The molecule has 0 aromatic rings. The molecule has 8 heavy (non-hydrogen) atoms. The molecule has 0 atom stereocenters. The Morgan fingerprint density at radius 1 is 0.625 bits per heavy atom. The highest BCUT2D eigenvalue weighted by Gasteiger charge is 1.95. The van der Waals surface area contributed by atoms with Gasteiger partial charge in [-0.1, -0.05) is 51.3 Å². The summed E-state index contributed by atoms with van der Waals surface area (Å²) >= 11 is 0. The first-order valence-electron chi connectivity index (χ1n) is 5.46. The lowest BCUT2D eigenvalue weighted by molar-refractivity contribution is 0.504. The minimum Gasteiger partial charge on any atom is -0.0533 e. The van der Waals surface area contributed by atoms with Crippen LogP contribution in [0.3, 0.4) is 0 Å². The standard InChI is InChI=1S/C8H16/c1-2-4-6-8-7-5-3-1/h1-8H2/i1D2,2D2. The highest BCUT2D eigenvalue weighted by Crippen LogP contribution is 2.15. The lowest BCUT2D eigenvalue weighted by Gasteiger charge is -2.05. The van der Waals surface area contributed by atoms with Gasteiger partial charge in [-0.25, -0.2) is 0 Å². The van der Waals surface area contributed by atoms with Crippen molar-refractivity contribution >= 4 is 0 Å². The summed E-state index contributed by atoms with van der Waals surface area (Å²) in [7, 11) is 0. The summed E-state index contributed by atoms with van der Waals surface area (Å²) in [5.41, 5.74) is 0. The second-order valence-electron chi connectivity index (χ2n) is 2.27. The molecule has 0 aliphatic heterocycles. The smallest absolute Gasteiger partial charge is 0.0267 e. The van der Waals surface area contributed by atoms with Crippen molar-refractivity contribution in [1.29, 1.82) is 0 Å². The quantitative estimate of drug-likeness (QED) is 0.456. The Kier molecular flexibility index (Phi) is 1.34. The summed E-state index contributed by atoms with van der Waals surface area (Å²) in [5.74, 6) is 0. The molecule has 1 fully saturated rings. The average Bonchev–Trinajstić information content (AvgIpc) is 1.94. The molecule has 0 aromatic heterocycles. The van der Waals surface area contributed by atoms with Crippen molar-refractivity contribution in [2.75, 3.05) is 0 Å². The molecule has 1 saturated carbocycles. The van der Waals surface area contributed by atoms with E-state index < -0.39 is 12.7 Å². The summed E-state index contributed by atoms with van der Waals surface area (Å²) in [6.07, 6.45) is 1.27. The maximum absolute atomic E-state index is 7.56. The van der Waals surface area contributed by atoms with Crippen molar-refractivity contribution in [3.63, 3.8) is 0 Å². The van der Waals surface area contributed by atoms with Crippen molar-refractivity contribution < 1.29 is 5.48 Å². The van der Waals surface area contributed by atoms with Gasteiger partial charge in [0.2, 0.25) is 0 Å². The van der Waals surface area contributed by atoms with Gasteiger partial charge in [-0.3, -0.25) is 0 Å². The Balaban J connectivity index is 2.66. The van der Waals surface area contributed by atoms with Gasteiger partial charge < -0.3 is 0 Å². The maximum atomic E-state index is 7.56. The molecule has 0 heterocycles. The molecule has 1 aliphatic rings. The molecule has 0 N–H and O–H groups in total. The number of hydrogen-bond acceptors (Lipinski definition) is 0. The second kappa shape index (κ2) is 3.94. The van der Waals surface area contributed by atoms with E-state index in [4.69, 9.17) is 5.48 Å². The SMILES string of the molecule is [2H]C1([2H])CCCCCCC1([2H])[2H]. The first-order valence-corrected chi connectivity index (χ1v) is 3.46. The van der Waals surface area contributed by atoms with E-state index in [1.807, 2.05) is 0 Å². The normalized spacial score (nSPS) is 44.0. The van der Waals surface area contributed by atoms with Gasteiger partial charge in [0, 0.05) is 5.48 Å². The van der Waals surface area contributed by atoms with Crippen LogP contribution in [-0.2, 0) is 0 Å². The Hall–Kier alpha value is 0. The third-order valence-electron chi connectivity index (χ3n) is 1.48. The van der Waals surface area contributed by atoms with Crippen LogP contribution in [-0.4, -0.2) is 0 Å². The Morgan fingerprint density at radius 3 is 1.50 bits per heavy atom. The third kappa shape index (κ3) is 2.34. The predicted octanol–water partition coefficient (Wildman–Crippen LogP) is 3.12. The van der Waals surface area contributed by atoms with Gasteiger partial charge in [-0.05, 0) is 0 Å². The lowest BCUT2D eigenvalue weighted by Crippen LogP contribution is -1.85. The molecule has 0 saturated heterocycles. The minimum atomic E-state index is -1.62. The molecule has 1 aliphatic carbocycles.